The lowest BCUT2D eigenvalue weighted by Crippen LogP contribution is -2.34. The van der Waals surface area contributed by atoms with Gasteiger partial charge in [0.15, 0.2) is 0 Å². The normalized spacial score (nSPS) is 16.1. The van der Waals surface area contributed by atoms with Gasteiger partial charge in [-0.2, -0.15) is 0 Å². The number of thiophene rings is 1. The number of aliphatic hydroxyl groups excluding tert-OH is 1. The third-order valence-corrected chi connectivity index (χ3v) is 6.55. The largest absolute Gasteiger partial charge is 0.478 e. The molecule has 0 aliphatic carbocycles. The molecule has 0 unspecified atom stereocenters. The Morgan fingerprint density at radius 3 is 2.91 bits per heavy atom. The molecular weight excluding hydrogens is 344 g/mol. The molecule has 0 fully saturated rings. The topological polar surface area (TPSA) is 125 Å². The van der Waals surface area contributed by atoms with Gasteiger partial charge in [-0.1, -0.05) is 0 Å². The highest BCUT2D eigenvalue weighted by molar-refractivity contribution is 7.91. The molecule has 1 aliphatic heterocycles. The molecule has 1 aromatic rings. The minimum atomic E-state index is -4.01. The van der Waals surface area contributed by atoms with Crippen LogP contribution in [0.25, 0.3) is 0 Å². The molecule has 1 aromatic heterocycles. The molecule has 8 nitrogen and oxygen atoms in total. The van der Waals surface area contributed by atoms with Crippen molar-refractivity contribution in [1.82, 2.24) is 10.0 Å². The number of carboxylic acids is 1. The molecule has 0 saturated heterocycles. The van der Waals surface area contributed by atoms with Gasteiger partial charge in [0, 0.05) is 24.6 Å². The fraction of sp³-hybridized carbons (Fsp3) is 0.615. The number of rotatable bonds is 8. The van der Waals surface area contributed by atoms with E-state index in [1.54, 1.807) is 6.92 Å². The minimum Gasteiger partial charge on any atom is -0.478 e. The van der Waals surface area contributed by atoms with Crippen LogP contribution in [-0.4, -0.2) is 57.0 Å². The van der Waals surface area contributed by atoms with Crippen LogP contribution in [-0.2, 0) is 27.7 Å². The molecule has 0 radical (unpaired) electrons. The number of sulfonamides is 1. The van der Waals surface area contributed by atoms with Crippen LogP contribution in [0.1, 0.15) is 27.7 Å². The zero-order valence-corrected chi connectivity index (χ0v) is 14.3. The first-order valence-electron chi connectivity index (χ1n) is 7.20. The maximum absolute atomic E-state index is 12.4. The standard InChI is InChI=1S/C13H20N2O6S2/c1-2-21-7-8(16)5-15-23(19,20)13-11(12(17)18)9-3-4-14-6-10(9)22-13/h8,14-16H,2-7H2,1H3,(H,17,18)/t8-/m0/s1. The lowest BCUT2D eigenvalue weighted by Gasteiger charge is -2.13. The number of fused-ring (bicyclic) bond motifs is 1. The van der Waals surface area contributed by atoms with Gasteiger partial charge in [0.1, 0.15) is 4.21 Å². The fourth-order valence-electron chi connectivity index (χ4n) is 2.30. The van der Waals surface area contributed by atoms with Crippen molar-refractivity contribution in [3.63, 3.8) is 0 Å². The molecule has 2 rings (SSSR count). The second kappa shape index (κ2) is 7.69. The first-order valence-corrected chi connectivity index (χ1v) is 9.50. The van der Waals surface area contributed by atoms with Gasteiger partial charge in [0.2, 0.25) is 0 Å². The van der Waals surface area contributed by atoms with Crippen LogP contribution in [0.15, 0.2) is 4.21 Å². The Kier molecular flexibility index (Phi) is 6.12. The lowest BCUT2D eigenvalue weighted by atomic mass is 10.1. The highest BCUT2D eigenvalue weighted by atomic mass is 32.2. The predicted octanol–water partition coefficient (Wildman–Crippen LogP) is -0.232. The Morgan fingerprint density at radius 1 is 1.52 bits per heavy atom. The predicted molar refractivity (Wildman–Crippen MR) is 84.4 cm³/mol. The van der Waals surface area contributed by atoms with Crippen LogP contribution in [0.5, 0.6) is 0 Å². The van der Waals surface area contributed by atoms with Crippen LogP contribution in [0.3, 0.4) is 0 Å². The summed E-state index contributed by atoms with van der Waals surface area (Å²) in [6.07, 6.45) is -0.509. The fourth-order valence-corrected chi connectivity index (χ4v) is 5.28. The third-order valence-electron chi connectivity index (χ3n) is 3.38. The van der Waals surface area contributed by atoms with Gasteiger partial charge in [-0.15, -0.1) is 11.3 Å². The van der Waals surface area contributed by atoms with Crippen molar-refractivity contribution < 1.29 is 28.2 Å². The van der Waals surface area contributed by atoms with Crippen molar-refractivity contribution >= 4 is 27.3 Å². The quantitative estimate of drug-likeness (QED) is 0.502. The molecule has 0 saturated carbocycles. The van der Waals surface area contributed by atoms with Crippen LogP contribution >= 0.6 is 11.3 Å². The van der Waals surface area contributed by atoms with E-state index in [4.69, 9.17) is 4.74 Å². The van der Waals surface area contributed by atoms with Crippen molar-refractivity contribution in [3.05, 3.63) is 16.0 Å². The number of ether oxygens (including phenoxy) is 1. The Hall–Kier alpha value is -1.04. The van der Waals surface area contributed by atoms with E-state index in [0.29, 0.717) is 31.7 Å². The van der Waals surface area contributed by atoms with Gasteiger partial charge in [0.25, 0.3) is 10.0 Å². The van der Waals surface area contributed by atoms with Gasteiger partial charge in [-0.05, 0) is 25.5 Å². The van der Waals surface area contributed by atoms with Crippen LogP contribution in [0, 0.1) is 0 Å². The summed E-state index contributed by atoms with van der Waals surface area (Å²) in [5.41, 5.74) is 0.426. The first-order chi connectivity index (χ1) is 10.9. The highest BCUT2D eigenvalue weighted by Gasteiger charge is 2.32. The van der Waals surface area contributed by atoms with E-state index in [-0.39, 0.29) is 22.9 Å². The van der Waals surface area contributed by atoms with Crippen molar-refractivity contribution in [3.8, 4) is 0 Å². The number of carbonyl (C=O) groups is 1. The van der Waals surface area contributed by atoms with Crippen LogP contribution in [0.4, 0.5) is 0 Å². The number of carboxylic acid groups (broad SMARTS) is 1. The Labute approximate surface area is 138 Å². The number of aliphatic hydroxyl groups is 1. The van der Waals surface area contributed by atoms with Gasteiger partial charge in [0.05, 0.1) is 18.3 Å². The molecule has 0 bridgehead atoms. The number of nitrogens with one attached hydrogen (secondary N) is 2. The maximum Gasteiger partial charge on any atom is 0.338 e. The SMILES string of the molecule is CCOC[C@@H](O)CNS(=O)(=O)c1sc2c(c1C(=O)O)CCNC2. The average molecular weight is 364 g/mol. The van der Waals surface area contributed by atoms with Crippen LogP contribution in [0.2, 0.25) is 0 Å². The van der Waals surface area contributed by atoms with Crippen molar-refractivity contribution in [2.45, 2.75) is 30.2 Å². The second-order valence-corrected chi connectivity index (χ2v) is 8.13. The summed E-state index contributed by atoms with van der Waals surface area (Å²) in [5, 5.41) is 22.1. The molecule has 0 spiro atoms. The Balaban J connectivity index is 2.22. The molecule has 23 heavy (non-hydrogen) atoms. The molecule has 4 N–H and O–H groups in total. The van der Waals surface area contributed by atoms with Gasteiger partial charge < -0.3 is 20.3 Å². The van der Waals surface area contributed by atoms with Gasteiger partial charge in [-0.3, -0.25) is 0 Å². The molecule has 0 aromatic carbocycles. The van der Waals surface area contributed by atoms with Crippen molar-refractivity contribution in [2.75, 3.05) is 26.3 Å². The number of hydrogen-bond donors (Lipinski definition) is 4. The minimum absolute atomic E-state index is 0.00959. The average Bonchev–Trinajstić information content (AvgIpc) is 2.91. The van der Waals surface area contributed by atoms with E-state index in [0.717, 1.165) is 16.2 Å². The van der Waals surface area contributed by atoms with Gasteiger partial charge >= 0.3 is 5.97 Å². The lowest BCUT2D eigenvalue weighted by molar-refractivity contribution is 0.0456. The summed E-state index contributed by atoms with van der Waals surface area (Å²) in [5.74, 6) is -1.25. The van der Waals surface area contributed by atoms with Crippen molar-refractivity contribution in [2.24, 2.45) is 0 Å². The summed E-state index contributed by atoms with van der Waals surface area (Å²) >= 11 is 0.960. The maximum atomic E-state index is 12.4. The van der Waals surface area contributed by atoms with E-state index in [9.17, 15) is 23.4 Å². The smallest absolute Gasteiger partial charge is 0.338 e. The summed E-state index contributed by atoms with van der Waals surface area (Å²) in [7, 11) is -4.01. The zero-order chi connectivity index (χ0) is 17.0. The van der Waals surface area contributed by atoms with E-state index in [1.807, 2.05) is 0 Å². The highest BCUT2D eigenvalue weighted by Crippen LogP contribution is 2.34. The second-order valence-electron chi connectivity index (χ2n) is 5.06. The van der Waals surface area contributed by atoms with Crippen molar-refractivity contribution in [1.29, 1.82) is 0 Å². The molecule has 10 heteroatoms. The molecule has 1 aliphatic rings. The number of aromatic carboxylic acids is 1. The summed E-state index contributed by atoms with van der Waals surface area (Å²) < 4.78 is 31.9. The summed E-state index contributed by atoms with van der Waals surface area (Å²) in [6.45, 7) is 3.03. The molecule has 2 heterocycles. The van der Waals surface area contributed by atoms with E-state index >= 15 is 0 Å². The van der Waals surface area contributed by atoms with E-state index < -0.39 is 22.1 Å². The molecule has 0 amide bonds. The van der Waals surface area contributed by atoms with E-state index in [2.05, 4.69) is 10.0 Å². The molecular formula is C13H20N2O6S2. The molecule has 130 valence electrons. The summed E-state index contributed by atoms with van der Waals surface area (Å²) in [4.78, 5) is 12.2. The molecule has 1 atom stereocenters. The van der Waals surface area contributed by atoms with Crippen LogP contribution < -0.4 is 10.0 Å². The Morgan fingerprint density at radius 2 is 2.26 bits per heavy atom. The Bertz CT molecular complexity index is 670. The zero-order valence-electron chi connectivity index (χ0n) is 12.7. The third kappa shape index (κ3) is 4.28. The first kappa shape index (κ1) is 18.3. The van der Waals surface area contributed by atoms with Gasteiger partial charge in [-0.25, -0.2) is 17.9 Å². The number of hydrogen-bond acceptors (Lipinski definition) is 7. The monoisotopic (exact) mass is 364 g/mol. The van der Waals surface area contributed by atoms with E-state index in [1.165, 1.54) is 0 Å². The summed E-state index contributed by atoms with van der Waals surface area (Å²) in [6, 6.07) is 0.